The van der Waals surface area contributed by atoms with Crippen LogP contribution in [0, 0.1) is 0 Å². The van der Waals surface area contributed by atoms with Gasteiger partial charge in [-0.1, -0.05) is 18.2 Å². The first-order valence-corrected chi connectivity index (χ1v) is 8.06. The second-order valence-electron chi connectivity index (χ2n) is 5.94. The van der Waals surface area contributed by atoms with Gasteiger partial charge in [-0.3, -0.25) is 19.5 Å². The first-order chi connectivity index (χ1) is 12.1. The SMILES string of the molecule is NC(=O)C1CC(C(=O)N2CCCn3ncnc32)=NN1c1ccccc1. The van der Waals surface area contributed by atoms with Crippen molar-refractivity contribution in [2.24, 2.45) is 10.8 Å². The normalized spacial score (nSPS) is 19.5. The summed E-state index contributed by atoms with van der Waals surface area (Å²) in [6.45, 7) is 1.27. The Hall–Kier alpha value is -3.23. The van der Waals surface area contributed by atoms with Gasteiger partial charge in [0.05, 0.1) is 5.69 Å². The van der Waals surface area contributed by atoms with Gasteiger partial charge in [0.2, 0.25) is 11.9 Å². The number of aromatic nitrogens is 3. The number of primary amides is 1. The molecule has 0 aliphatic carbocycles. The van der Waals surface area contributed by atoms with Gasteiger partial charge in [-0.2, -0.15) is 15.2 Å². The Kier molecular flexibility index (Phi) is 3.68. The van der Waals surface area contributed by atoms with Crippen molar-refractivity contribution in [3.05, 3.63) is 36.7 Å². The number of carbonyl (C=O) groups excluding carboxylic acids is 2. The summed E-state index contributed by atoms with van der Waals surface area (Å²) in [6, 6.07) is 8.53. The zero-order chi connectivity index (χ0) is 17.4. The number of amides is 2. The molecule has 2 aliphatic rings. The molecule has 1 aromatic carbocycles. The number of nitrogens with two attached hydrogens (primary N) is 1. The molecule has 9 heteroatoms. The van der Waals surface area contributed by atoms with Crippen LogP contribution in [0.4, 0.5) is 11.6 Å². The van der Waals surface area contributed by atoms with Gasteiger partial charge in [0.1, 0.15) is 18.1 Å². The van der Waals surface area contributed by atoms with E-state index in [4.69, 9.17) is 5.73 Å². The van der Waals surface area contributed by atoms with Crippen molar-refractivity contribution in [2.75, 3.05) is 16.5 Å². The molecule has 1 atom stereocenters. The molecular weight excluding hydrogens is 322 g/mol. The van der Waals surface area contributed by atoms with Crippen LogP contribution in [0.25, 0.3) is 0 Å². The minimum atomic E-state index is -0.677. The monoisotopic (exact) mass is 339 g/mol. The van der Waals surface area contributed by atoms with Crippen molar-refractivity contribution in [3.8, 4) is 0 Å². The lowest BCUT2D eigenvalue weighted by molar-refractivity contribution is -0.119. The van der Waals surface area contributed by atoms with E-state index < -0.39 is 11.9 Å². The van der Waals surface area contributed by atoms with E-state index in [2.05, 4.69) is 15.2 Å². The minimum Gasteiger partial charge on any atom is -0.368 e. The largest absolute Gasteiger partial charge is 0.368 e. The molecule has 2 N–H and O–H groups in total. The number of aryl methyl sites for hydroxylation is 1. The van der Waals surface area contributed by atoms with Crippen molar-refractivity contribution in [3.63, 3.8) is 0 Å². The van der Waals surface area contributed by atoms with Gasteiger partial charge < -0.3 is 5.73 Å². The summed E-state index contributed by atoms with van der Waals surface area (Å²) in [5, 5.41) is 10.0. The van der Waals surface area contributed by atoms with E-state index in [0.29, 0.717) is 18.2 Å². The molecule has 0 saturated carbocycles. The molecule has 2 aromatic rings. The smallest absolute Gasteiger partial charge is 0.276 e. The summed E-state index contributed by atoms with van der Waals surface area (Å²) in [7, 11) is 0. The Morgan fingerprint density at radius 1 is 1.16 bits per heavy atom. The fraction of sp³-hybridized carbons (Fsp3) is 0.312. The molecule has 4 rings (SSSR count). The fourth-order valence-corrected chi connectivity index (χ4v) is 3.13. The summed E-state index contributed by atoms with van der Waals surface area (Å²) < 4.78 is 1.69. The van der Waals surface area contributed by atoms with Gasteiger partial charge >= 0.3 is 0 Å². The molecule has 9 nitrogen and oxygen atoms in total. The van der Waals surface area contributed by atoms with Crippen LogP contribution in [0.2, 0.25) is 0 Å². The molecule has 1 aromatic heterocycles. The van der Waals surface area contributed by atoms with Crippen molar-refractivity contribution in [1.29, 1.82) is 0 Å². The van der Waals surface area contributed by atoms with E-state index in [9.17, 15) is 9.59 Å². The van der Waals surface area contributed by atoms with E-state index >= 15 is 0 Å². The molecule has 0 spiro atoms. The lowest BCUT2D eigenvalue weighted by Gasteiger charge is -2.25. The standard InChI is InChI=1S/C16H17N7O2/c17-14(24)13-9-12(20-23(13)11-5-2-1-3-6-11)15(25)21-7-4-8-22-16(21)18-10-19-22/h1-3,5-6,10,13H,4,7-9H2,(H2,17,24). The van der Waals surface area contributed by atoms with Gasteiger partial charge in [-0.25, -0.2) is 4.68 Å². The second kappa shape index (κ2) is 6.00. The van der Waals surface area contributed by atoms with Crippen molar-refractivity contribution >= 4 is 29.2 Å². The number of carbonyl (C=O) groups is 2. The minimum absolute atomic E-state index is 0.174. The molecule has 25 heavy (non-hydrogen) atoms. The summed E-state index contributed by atoms with van der Waals surface area (Å²) in [4.78, 5) is 30.5. The molecule has 0 radical (unpaired) electrons. The topological polar surface area (TPSA) is 110 Å². The Labute approximate surface area is 143 Å². The number of hydrogen-bond acceptors (Lipinski definition) is 6. The highest BCUT2D eigenvalue weighted by Crippen LogP contribution is 2.26. The van der Waals surface area contributed by atoms with Gasteiger partial charge in [-0.15, -0.1) is 0 Å². The fourth-order valence-electron chi connectivity index (χ4n) is 3.13. The number of anilines is 2. The molecule has 2 amide bonds. The maximum absolute atomic E-state index is 12.9. The summed E-state index contributed by atoms with van der Waals surface area (Å²) >= 11 is 0. The van der Waals surface area contributed by atoms with Crippen LogP contribution in [0.3, 0.4) is 0 Å². The predicted molar refractivity (Wildman–Crippen MR) is 90.9 cm³/mol. The number of nitrogens with zero attached hydrogens (tertiary/aromatic N) is 6. The van der Waals surface area contributed by atoms with Crippen LogP contribution in [-0.4, -0.2) is 44.9 Å². The van der Waals surface area contributed by atoms with Crippen molar-refractivity contribution in [2.45, 2.75) is 25.4 Å². The average Bonchev–Trinajstić information content (AvgIpc) is 3.28. The van der Waals surface area contributed by atoms with Gasteiger partial charge in [0, 0.05) is 19.5 Å². The quantitative estimate of drug-likeness (QED) is 0.855. The van der Waals surface area contributed by atoms with E-state index in [1.165, 1.54) is 11.3 Å². The van der Waals surface area contributed by atoms with Crippen LogP contribution < -0.4 is 15.6 Å². The van der Waals surface area contributed by atoms with Gasteiger partial charge in [0.15, 0.2) is 0 Å². The summed E-state index contributed by atoms with van der Waals surface area (Å²) in [6.07, 6.45) is 2.39. The van der Waals surface area contributed by atoms with Crippen LogP contribution >= 0.6 is 0 Å². The lowest BCUT2D eigenvalue weighted by atomic mass is 10.1. The third-order valence-electron chi connectivity index (χ3n) is 4.34. The number of hydrazone groups is 1. The van der Waals surface area contributed by atoms with Crippen LogP contribution in [0.1, 0.15) is 12.8 Å². The zero-order valence-electron chi connectivity index (χ0n) is 13.4. The predicted octanol–water partition coefficient (Wildman–Crippen LogP) is 0.135. The number of rotatable bonds is 3. The third-order valence-corrected chi connectivity index (χ3v) is 4.34. The molecule has 2 aliphatic heterocycles. The molecular formula is C16H17N7O2. The Morgan fingerprint density at radius 3 is 2.72 bits per heavy atom. The first kappa shape index (κ1) is 15.3. The molecule has 3 heterocycles. The molecule has 1 unspecified atom stereocenters. The number of hydrogen-bond donors (Lipinski definition) is 1. The maximum Gasteiger partial charge on any atom is 0.276 e. The maximum atomic E-state index is 12.9. The molecule has 0 bridgehead atoms. The summed E-state index contributed by atoms with van der Waals surface area (Å²) in [5.41, 5.74) is 6.53. The molecule has 0 saturated heterocycles. The Balaban J connectivity index is 1.65. The summed E-state index contributed by atoms with van der Waals surface area (Å²) in [5.74, 6) is -0.274. The van der Waals surface area contributed by atoms with E-state index in [-0.39, 0.29) is 12.3 Å². The zero-order valence-corrected chi connectivity index (χ0v) is 13.4. The van der Waals surface area contributed by atoms with Crippen LogP contribution in [0.15, 0.2) is 41.8 Å². The highest BCUT2D eigenvalue weighted by atomic mass is 16.2. The van der Waals surface area contributed by atoms with Crippen LogP contribution in [-0.2, 0) is 16.1 Å². The van der Waals surface area contributed by atoms with Crippen molar-refractivity contribution in [1.82, 2.24) is 14.8 Å². The first-order valence-electron chi connectivity index (χ1n) is 8.06. The molecule has 128 valence electrons. The van der Waals surface area contributed by atoms with E-state index in [1.54, 1.807) is 9.58 Å². The Morgan fingerprint density at radius 2 is 1.96 bits per heavy atom. The average molecular weight is 339 g/mol. The van der Waals surface area contributed by atoms with Crippen LogP contribution in [0.5, 0.6) is 0 Å². The number of benzene rings is 1. The van der Waals surface area contributed by atoms with E-state index in [0.717, 1.165) is 18.7 Å². The van der Waals surface area contributed by atoms with E-state index in [1.807, 2.05) is 30.3 Å². The highest BCUT2D eigenvalue weighted by molar-refractivity contribution is 6.44. The Bertz CT molecular complexity index is 845. The lowest BCUT2D eigenvalue weighted by Crippen LogP contribution is -2.43. The molecule has 0 fully saturated rings. The van der Waals surface area contributed by atoms with Gasteiger partial charge in [0.25, 0.3) is 5.91 Å². The number of fused-ring (bicyclic) bond motifs is 1. The number of para-hydroxylation sites is 1. The highest BCUT2D eigenvalue weighted by Gasteiger charge is 2.38. The van der Waals surface area contributed by atoms with Gasteiger partial charge in [-0.05, 0) is 18.6 Å². The third kappa shape index (κ3) is 2.63. The van der Waals surface area contributed by atoms with Crippen molar-refractivity contribution < 1.29 is 9.59 Å². The second-order valence-corrected chi connectivity index (χ2v) is 5.94.